The number of aliphatic hydroxyl groups is 2. The van der Waals surface area contributed by atoms with Crippen LogP contribution >= 0.6 is 7.82 Å². The van der Waals surface area contributed by atoms with Gasteiger partial charge in [0.2, 0.25) is 5.96 Å². The average molecular weight is 439 g/mol. The summed E-state index contributed by atoms with van der Waals surface area (Å²) in [5, 5.41) is 26.3. The van der Waals surface area contributed by atoms with E-state index in [1.807, 2.05) is 0 Å². The Kier molecular flexibility index (Phi) is 8.93. The zero-order valence-corrected chi connectivity index (χ0v) is 16.6. The van der Waals surface area contributed by atoms with Crippen LogP contribution in [0, 0.1) is 0 Å². The Balaban J connectivity index is 1.98. The summed E-state index contributed by atoms with van der Waals surface area (Å²) >= 11 is 0. The van der Waals surface area contributed by atoms with Gasteiger partial charge in [-0.2, -0.15) is 0 Å². The first-order chi connectivity index (χ1) is 13.6. The second kappa shape index (κ2) is 10.7. The molecule has 2 aliphatic heterocycles. The van der Waals surface area contributed by atoms with Crippen molar-refractivity contribution >= 4 is 13.8 Å². The van der Waals surface area contributed by atoms with Crippen LogP contribution in [-0.2, 0) is 13.8 Å². The van der Waals surface area contributed by atoms with Gasteiger partial charge < -0.3 is 47.3 Å². The van der Waals surface area contributed by atoms with E-state index in [2.05, 4.69) is 20.1 Å². The summed E-state index contributed by atoms with van der Waals surface area (Å²) in [6.45, 7) is 0.486. The molecule has 1 saturated heterocycles. The van der Waals surface area contributed by atoms with E-state index >= 15 is 0 Å². The molecule has 0 aromatic rings. The van der Waals surface area contributed by atoms with Crippen LogP contribution in [0.3, 0.4) is 0 Å². The summed E-state index contributed by atoms with van der Waals surface area (Å²) in [7, 11) is -4.74. The van der Waals surface area contributed by atoms with Crippen LogP contribution in [-0.4, -0.2) is 87.6 Å². The largest absolute Gasteiger partial charge is 0.469 e. The SMILES string of the molecule is NC(N)NCCCCN=C1NC(N)C=CN1[C@@H]1O[C@H](COP(=O)(O)O)[C@@H](O)[C@H]1O. The highest BCUT2D eigenvalue weighted by Gasteiger charge is 2.47. The Morgan fingerprint density at radius 3 is 2.72 bits per heavy atom. The smallest absolute Gasteiger partial charge is 0.387 e. The van der Waals surface area contributed by atoms with E-state index in [1.54, 1.807) is 12.3 Å². The van der Waals surface area contributed by atoms with Gasteiger partial charge in [-0.3, -0.25) is 19.7 Å². The Labute approximate surface area is 168 Å². The number of rotatable bonds is 10. The van der Waals surface area contributed by atoms with Crippen molar-refractivity contribution in [3.05, 3.63) is 12.3 Å². The molecular weight excluding hydrogens is 409 g/mol. The van der Waals surface area contributed by atoms with Gasteiger partial charge in [0.1, 0.15) is 24.6 Å². The summed E-state index contributed by atoms with van der Waals surface area (Å²) in [6.07, 6.45) is -1.38. The summed E-state index contributed by atoms with van der Waals surface area (Å²) in [5.41, 5.74) is 16.7. The normalized spacial score (nSPS) is 31.7. The van der Waals surface area contributed by atoms with Crippen molar-refractivity contribution in [2.75, 3.05) is 19.7 Å². The molecule has 168 valence electrons. The molecule has 0 aromatic heterocycles. The molecule has 1 fully saturated rings. The van der Waals surface area contributed by atoms with Gasteiger partial charge in [0.15, 0.2) is 6.23 Å². The fraction of sp³-hybridized carbons (Fsp3) is 0.786. The quantitative estimate of drug-likeness (QED) is 0.0902. The van der Waals surface area contributed by atoms with Crippen molar-refractivity contribution in [2.45, 2.75) is 49.8 Å². The molecular formula is C14H30N7O7P. The van der Waals surface area contributed by atoms with Crippen molar-refractivity contribution in [1.82, 2.24) is 15.5 Å². The van der Waals surface area contributed by atoms with Gasteiger partial charge in [0, 0.05) is 12.7 Å². The third kappa shape index (κ3) is 7.55. The first-order valence-electron chi connectivity index (χ1n) is 9.08. The Hall–Kier alpha value is -1.16. The van der Waals surface area contributed by atoms with Crippen LogP contribution in [0.4, 0.5) is 0 Å². The van der Waals surface area contributed by atoms with Crippen molar-refractivity contribution in [2.24, 2.45) is 22.2 Å². The lowest BCUT2D eigenvalue weighted by Crippen LogP contribution is -2.56. The number of phosphoric acid groups is 1. The molecule has 0 aliphatic carbocycles. The van der Waals surface area contributed by atoms with E-state index in [4.69, 9.17) is 31.7 Å². The minimum atomic E-state index is -4.74. The molecule has 0 spiro atoms. The molecule has 1 unspecified atom stereocenters. The molecule has 15 heteroatoms. The summed E-state index contributed by atoms with van der Waals surface area (Å²) < 4.78 is 20.8. The first kappa shape index (κ1) is 24.1. The second-order valence-corrected chi connectivity index (χ2v) is 7.88. The van der Waals surface area contributed by atoms with Gasteiger partial charge in [0.05, 0.1) is 12.8 Å². The number of nitrogens with two attached hydrogens (primary N) is 3. The van der Waals surface area contributed by atoms with Crippen LogP contribution < -0.4 is 27.8 Å². The molecule has 12 N–H and O–H groups in total. The molecule has 0 amide bonds. The lowest BCUT2D eigenvalue weighted by atomic mass is 10.1. The lowest BCUT2D eigenvalue weighted by Gasteiger charge is -2.34. The maximum Gasteiger partial charge on any atom is 0.469 e. The van der Waals surface area contributed by atoms with Crippen LogP contribution in [0.25, 0.3) is 0 Å². The number of unbranched alkanes of at least 4 members (excludes halogenated alkanes) is 1. The third-order valence-corrected chi connectivity index (χ3v) is 4.72. The number of nitrogens with one attached hydrogen (secondary N) is 2. The zero-order valence-electron chi connectivity index (χ0n) is 15.7. The number of guanidine groups is 1. The van der Waals surface area contributed by atoms with Crippen LogP contribution in [0.15, 0.2) is 17.3 Å². The summed E-state index contributed by atoms with van der Waals surface area (Å²) in [6, 6.07) is 0. The highest BCUT2D eigenvalue weighted by atomic mass is 31.2. The van der Waals surface area contributed by atoms with Crippen LogP contribution in [0.5, 0.6) is 0 Å². The van der Waals surface area contributed by atoms with Gasteiger partial charge in [0.25, 0.3) is 0 Å². The fourth-order valence-electron chi connectivity index (χ4n) is 2.82. The van der Waals surface area contributed by atoms with Crippen molar-refractivity contribution < 1.29 is 33.8 Å². The Morgan fingerprint density at radius 2 is 2.07 bits per heavy atom. The molecule has 14 nitrogen and oxygen atoms in total. The van der Waals surface area contributed by atoms with Crippen molar-refractivity contribution in [3.8, 4) is 0 Å². The number of aliphatic imine (C=N–C) groups is 1. The number of hydrogen-bond donors (Lipinski definition) is 9. The van der Waals surface area contributed by atoms with Crippen molar-refractivity contribution in [3.63, 3.8) is 0 Å². The zero-order chi connectivity index (χ0) is 21.6. The highest BCUT2D eigenvalue weighted by Crippen LogP contribution is 2.37. The van der Waals surface area contributed by atoms with Gasteiger partial charge in [-0.15, -0.1) is 0 Å². The average Bonchev–Trinajstić information content (AvgIpc) is 2.90. The fourth-order valence-corrected chi connectivity index (χ4v) is 3.16. The van der Waals surface area contributed by atoms with Gasteiger partial charge in [-0.25, -0.2) is 4.57 Å². The molecule has 0 saturated carbocycles. The number of phosphoric ester groups is 1. The van der Waals surface area contributed by atoms with Gasteiger partial charge in [-0.1, -0.05) is 0 Å². The van der Waals surface area contributed by atoms with E-state index in [0.29, 0.717) is 19.0 Å². The van der Waals surface area contributed by atoms with Crippen LogP contribution in [0.2, 0.25) is 0 Å². The predicted molar refractivity (Wildman–Crippen MR) is 102 cm³/mol. The maximum absolute atomic E-state index is 10.9. The maximum atomic E-state index is 10.9. The van der Waals surface area contributed by atoms with Gasteiger partial charge in [-0.05, 0) is 25.5 Å². The molecule has 29 heavy (non-hydrogen) atoms. The lowest BCUT2D eigenvalue weighted by molar-refractivity contribution is -0.0595. The molecule has 0 aromatic carbocycles. The number of nitrogens with zero attached hydrogens (tertiary/aromatic N) is 2. The first-order valence-corrected chi connectivity index (χ1v) is 10.6. The minimum Gasteiger partial charge on any atom is -0.387 e. The third-order valence-electron chi connectivity index (χ3n) is 4.24. The standard InChI is InChI=1S/C14H30N7O7P/c15-9-3-6-21(14(20-9)19-5-2-1-4-18-13(16)17)12-11(23)10(22)8(28-12)7-27-29(24,25)26/h3,6,8-13,18,22-23H,1-2,4-5,7,15-17H2,(H,19,20)(H2,24,25,26)/t8-,9?,10-,11-,12-/m1/s1. The second-order valence-electron chi connectivity index (χ2n) is 6.64. The molecule has 2 heterocycles. The Morgan fingerprint density at radius 1 is 1.34 bits per heavy atom. The topological polar surface area (TPSA) is 234 Å². The predicted octanol–water partition coefficient (Wildman–Crippen LogP) is -3.83. The molecule has 5 atom stereocenters. The molecule has 0 bridgehead atoms. The van der Waals surface area contributed by atoms with Gasteiger partial charge >= 0.3 is 7.82 Å². The van der Waals surface area contributed by atoms with E-state index in [-0.39, 0.29) is 0 Å². The monoisotopic (exact) mass is 439 g/mol. The highest BCUT2D eigenvalue weighted by molar-refractivity contribution is 7.46. The number of aliphatic hydroxyl groups excluding tert-OH is 2. The van der Waals surface area contributed by atoms with E-state index in [1.165, 1.54) is 4.90 Å². The summed E-state index contributed by atoms with van der Waals surface area (Å²) in [4.78, 5) is 23.5. The molecule has 0 radical (unpaired) electrons. The number of hydrogen-bond acceptors (Lipinski definition) is 10. The Bertz CT molecular complexity index is 631. The van der Waals surface area contributed by atoms with E-state index in [0.717, 1.165) is 12.8 Å². The van der Waals surface area contributed by atoms with E-state index in [9.17, 15) is 14.8 Å². The summed E-state index contributed by atoms with van der Waals surface area (Å²) in [5.74, 6) is 0.330. The molecule has 2 aliphatic rings. The van der Waals surface area contributed by atoms with E-state index < -0.39 is 51.4 Å². The van der Waals surface area contributed by atoms with Crippen LogP contribution in [0.1, 0.15) is 12.8 Å². The van der Waals surface area contributed by atoms with Crippen molar-refractivity contribution in [1.29, 1.82) is 0 Å². The number of ether oxygens (including phenoxy) is 1. The minimum absolute atomic E-state index is 0.330. The molecule has 2 rings (SSSR count).